The maximum absolute atomic E-state index is 3.55. The molecule has 3 heteroatoms. The maximum Gasteiger partial charge on any atom is 0.0404 e. The zero-order valence-corrected chi connectivity index (χ0v) is 12.5. The summed E-state index contributed by atoms with van der Waals surface area (Å²) in [6.45, 7) is 4.45. The molecular formula is C14H21BrN2. The molecule has 0 atom stereocenters. The van der Waals surface area contributed by atoms with Crippen LogP contribution in [0, 0.1) is 12.3 Å². The van der Waals surface area contributed by atoms with E-state index in [2.05, 4.69) is 58.3 Å². The first-order valence-electron chi connectivity index (χ1n) is 6.18. The molecule has 0 saturated heterocycles. The van der Waals surface area contributed by atoms with E-state index in [1.54, 1.807) is 0 Å². The lowest BCUT2D eigenvalue weighted by atomic mass is 10.1. The zero-order valence-electron chi connectivity index (χ0n) is 10.9. The highest BCUT2D eigenvalue weighted by Gasteiger charge is 2.42. The van der Waals surface area contributed by atoms with Gasteiger partial charge in [-0.2, -0.15) is 0 Å². The van der Waals surface area contributed by atoms with E-state index < -0.39 is 0 Å². The van der Waals surface area contributed by atoms with Gasteiger partial charge in [0.25, 0.3) is 0 Å². The minimum atomic E-state index is 0.512. The fourth-order valence-electron chi connectivity index (χ4n) is 2.52. The van der Waals surface area contributed by atoms with E-state index >= 15 is 0 Å². The molecule has 0 bridgehead atoms. The first kappa shape index (κ1) is 12.9. The highest BCUT2D eigenvalue weighted by atomic mass is 79.9. The van der Waals surface area contributed by atoms with Crippen LogP contribution in [0.5, 0.6) is 0 Å². The molecule has 1 aromatic carbocycles. The van der Waals surface area contributed by atoms with Gasteiger partial charge in [-0.3, -0.25) is 0 Å². The molecule has 2 nitrogen and oxygen atoms in total. The predicted molar refractivity (Wildman–Crippen MR) is 77.7 cm³/mol. The normalized spacial score (nSPS) is 16.9. The van der Waals surface area contributed by atoms with Crippen molar-refractivity contribution in [1.29, 1.82) is 0 Å². The molecule has 1 N–H and O–H groups in total. The Morgan fingerprint density at radius 1 is 1.41 bits per heavy atom. The van der Waals surface area contributed by atoms with Gasteiger partial charge in [-0.15, -0.1) is 0 Å². The van der Waals surface area contributed by atoms with Gasteiger partial charge in [0, 0.05) is 35.7 Å². The van der Waals surface area contributed by atoms with Crippen molar-refractivity contribution in [2.24, 2.45) is 5.41 Å². The van der Waals surface area contributed by atoms with Crippen LogP contribution < -0.4 is 10.2 Å². The van der Waals surface area contributed by atoms with Gasteiger partial charge in [-0.25, -0.2) is 0 Å². The summed E-state index contributed by atoms with van der Waals surface area (Å²) in [4.78, 5) is 2.39. The van der Waals surface area contributed by atoms with Crippen LogP contribution in [-0.4, -0.2) is 27.2 Å². The van der Waals surface area contributed by atoms with E-state index in [4.69, 9.17) is 0 Å². The summed E-state index contributed by atoms with van der Waals surface area (Å²) < 4.78 is 1.16. The SMILES string of the molecule is CNCC1(CN(C)c2cc(Br)ccc2C)CC1. The van der Waals surface area contributed by atoms with Gasteiger partial charge >= 0.3 is 0 Å². The Morgan fingerprint density at radius 3 is 2.71 bits per heavy atom. The summed E-state index contributed by atoms with van der Waals surface area (Å²) in [5, 5.41) is 3.32. The van der Waals surface area contributed by atoms with Crippen molar-refractivity contribution in [3.8, 4) is 0 Å². The number of nitrogens with zero attached hydrogens (tertiary/aromatic N) is 1. The van der Waals surface area contributed by atoms with E-state index in [9.17, 15) is 0 Å². The van der Waals surface area contributed by atoms with Crippen LogP contribution in [-0.2, 0) is 0 Å². The molecule has 2 rings (SSSR count). The number of nitrogens with one attached hydrogen (secondary N) is 1. The third kappa shape index (κ3) is 3.02. The van der Waals surface area contributed by atoms with Gasteiger partial charge in [-0.05, 0) is 44.5 Å². The first-order chi connectivity index (χ1) is 8.06. The fraction of sp³-hybridized carbons (Fsp3) is 0.571. The van der Waals surface area contributed by atoms with Crippen LogP contribution in [0.1, 0.15) is 18.4 Å². The van der Waals surface area contributed by atoms with Crippen LogP contribution in [0.2, 0.25) is 0 Å². The Kier molecular flexibility index (Phi) is 3.79. The van der Waals surface area contributed by atoms with E-state index in [1.165, 1.54) is 24.1 Å². The summed E-state index contributed by atoms with van der Waals surface area (Å²) in [7, 11) is 4.24. The molecule has 1 aromatic rings. The molecule has 1 aliphatic rings. The van der Waals surface area contributed by atoms with Crippen molar-refractivity contribution in [3.05, 3.63) is 28.2 Å². The molecule has 0 heterocycles. The van der Waals surface area contributed by atoms with Crippen LogP contribution in [0.25, 0.3) is 0 Å². The molecule has 0 aromatic heterocycles. The minimum absolute atomic E-state index is 0.512. The number of hydrogen-bond donors (Lipinski definition) is 1. The van der Waals surface area contributed by atoms with Crippen molar-refractivity contribution in [1.82, 2.24) is 5.32 Å². The van der Waals surface area contributed by atoms with Gasteiger partial charge < -0.3 is 10.2 Å². The molecule has 1 saturated carbocycles. The molecule has 0 aliphatic heterocycles. The van der Waals surface area contributed by atoms with Gasteiger partial charge in [0.05, 0.1) is 0 Å². The second-order valence-electron chi connectivity index (χ2n) is 5.32. The topological polar surface area (TPSA) is 15.3 Å². The number of benzene rings is 1. The van der Waals surface area contributed by atoms with E-state index in [0.29, 0.717) is 5.41 Å². The second kappa shape index (κ2) is 4.99. The summed E-state index contributed by atoms with van der Waals surface area (Å²) in [5.41, 5.74) is 3.19. The molecule has 1 aliphatic carbocycles. The molecular weight excluding hydrogens is 276 g/mol. The Bertz CT molecular complexity index is 399. The first-order valence-corrected chi connectivity index (χ1v) is 6.97. The smallest absolute Gasteiger partial charge is 0.0404 e. The van der Waals surface area contributed by atoms with E-state index in [1.807, 2.05) is 7.05 Å². The van der Waals surface area contributed by atoms with Gasteiger partial charge in [0.1, 0.15) is 0 Å². The average Bonchev–Trinajstić information content (AvgIpc) is 3.02. The highest BCUT2D eigenvalue weighted by molar-refractivity contribution is 9.10. The highest BCUT2D eigenvalue weighted by Crippen LogP contribution is 2.46. The van der Waals surface area contributed by atoms with Crippen LogP contribution in [0.15, 0.2) is 22.7 Å². The number of aryl methyl sites for hydroxylation is 1. The third-order valence-corrected chi connectivity index (χ3v) is 4.16. The Balaban J connectivity index is 2.09. The van der Waals surface area contributed by atoms with E-state index in [0.717, 1.165) is 17.6 Å². The van der Waals surface area contributed by atoms with Crippen LogP contribution >= 0.6 is 15.9 Å². The average molecular weight is 297 g/mol. The Hall–Kier alpha value is -0.540. The molecule has 0 radical (unpaired) electrons. The van der Waals surface area contributed by atoms with Gasteiger partial charge in [0.15, 0.2) is 0 Å². The molecule has 0 unspecified atom stereocenters. The lowest BCUT2D eigenvalue weighted by Crippen LogP contribution is -2.33. The Labute approximate surface area is 113 Å². The molecule has 1 fully saturated rings. The number of halogens is 1. The molecule has 17 heavy (non-hydrogen) atoms. The van der Waals surface area contributed by atoms with Crippen molar-refractivity contribution >= 4 is 21.6 Å². The molecule has 0 amide bonds. The van der Waals surface area contributed by atoms with Gasteiger partial charge in [-0.1, -0.05) is 22.0 Å². The number of hydrogen-bond acceptors (Lipinski definition) is 2. The quantitative estimate of drug-likeness (QED) is 0.898. The monoisotopic (exact) mass is 296 g/mol. The second-order valence-corrected chi connectivity index (χ2v) is 6.23. The van der Waals surface area contributed by atoms with Crippen molar-refractivity contribution in [2.45, 2.75) is 19.8 Å². The van der Waals surface area contributed by atoms with E-state index in [-0.39, 0.29) is 0 Å². The standard InChI is InChI=1S/C14H21BrN2/c1-11-4-5-12(15)8-13(11)17(3)10-14(6-7-14)9-16-2/h4-5,8,16H,6-7,9-10H2,1-3H3. The van der Waals surface area contributed by atoms with Crippen LogP contribution in [0.4, 0.5) is 5.69 Å². The summed E-state index contributed by atoms with van der Waals surface area (Å²) >= 11 is 3.55. The van der Waals surface area contributed by atoms with Crippen LogP contribution in [0.3, 0.4) is 0 Å². The lowest BCUT2D eigenvalue weighted by Gasteiger charge is -2.27. The molecule has 0 spiro atoms. The Morgan fingerprint density at radius 2 is 2.12 bits per heavy atom. The summed E-state index contributed by atoms with van der Waals surface area (Å²) in [6, 6.07) is 6.49. The summed E-state index contributed by atoms with van der Waals surface area (Å²) in [5.74, 6) is 0. The fourth-order valence-corrected chi connectivity index (χ4v) is 2.87. The number of rotatable bonds is 5. The zero-order chi connectivity index (χ0) is 12.5. The van der Waals surface area contributed by atoms with Gasteiger partial charge in [0.2, 0.25) is 0 Å². The predicted octanol–water partition coefficient (Wildman–Crippen LogP) is 3.19. The maximum atomic E-state index is 3.55. The largest absolute Gasteiger partial charge is 0.374 e. The third-order valence-electron chi connectivity index (χ3n) is 3.66. The molecule has 94 valence electrons. The number of anilines is 1. The van der Waals surface area contributed by atoms with Crippen molar-refractivity contribution < 1.29 is 0 Å². The minimum Gasteiger partial charge on any atom is -0.374 e. The summed E-state index contributed by atoms with van der Waals surface area (Å²) in [6.07, 6.45) is 2.70. The lowest BCUT2D eigenvalue weighted by molar-refractivity contribution is 0.482. The van der Waals surface area contributed by atoms with Crippen molar-refractivity contribution in [3.63, 3.8) is 0 Å². The van der Waals surface area contributed by atoms with Crippen molar-refractivity contribution in [2.75, 3.05) is 32.1 Å².